The van der Waals surface area contributed by atoms with Gasteiger partial charge in [-0.3, -0.25) is 9.88 Å². The molecule has 25 heavy (non-hydrogen) atoms. The number of aliphatic hydroxyl groups is 1. The second-order valence-electron chi connectivity index (χ2n) is 7.34. The van der Waals surface area contributed by atoms with Gasteiger partial charge in [-0.15, -0.1) is 0 Å². The Labute approximate surface area is 148 Å². The molecule has 0 bridgehead atoms. The Kier molecular flexibility index (Phi) is 5.08. The number of aliphatic hydroxyl groups excluding tert-OH is 1. The third-order valence-electron chi connectivity index (χ3n) is 5.62. The van der Waals surface area contributed by atoms with Crippen molar-refractivity contribution in [1.29, 1.82) is 0 Å². The third-order valence-corrected chi connectivity index (χ3v) is 5.62. The van der Waals surface area contributed by atoms with Gasteiger partial charge in [0.05, 0.1) is 18.3 Å². The molecule has 6 heteroatoms. The summed E-state index contributed by atoms with van der Waals surface area (Å²) in [5.74, 6) is 2.37. The number of rotatable bonds is 5. The van der Waals surface area contributed by atoms with Crippen molar-refractivity contribution < 1.29 is 9.63 Å². The van der Waals surface area contributed by atoms with E-state index in [2.05, 4.69) is 20.0 Å². The fourth-order valence-electron chi connectivity index (χ4n) is 4.09. The molecule has 0 radical (unpaired) electrons. The summed E-state index contributed by atoms with van der Waals surface area (Å²) in [5.41, 5.74) is 0.778. The summed E-state index contributed by atoms with van der Waals surface area (Å²) < 4.78 is 5.47. The van der Waals surface area contributed by atoms with Gasteiger partial charge in [0.15, 0.2) is 5.82 Å². The highest BCUT2D eigenvalue weighted by Gasteiger charge is 2.28. The average Bonchev–Trinajstić information content (AvgIpc) is 3.34. The Balaban J connectivity index is 1.29. The fraction of sp³-hybridized carbons (Fsp3) is 0.632. The van der Waals surface area contributed by atoms with Gasteiger partial charge in [-0.25, -0.2) is 0 Å². The average molecular weight is 342 g/mol. The van der Waals surface area contributed by atoms with E-state index in [4.69, 9.17) is 4.52 Å². The molecule has 0 unspecified atom stereocenters. The molecule has 134 valence electrons. The van der Waals surface area contributed by atoms with Crippen LogP contribution in [-0.2, 0) is 6.54 Å². The van der Waals surface area contributed by atoms with Gasteiger partial charge in [0.1, 0.15) is 0 Å². The first-order valence-electron chi connectivity index (χ1n) is 9.43. The number of hydrogen-bond donors (Lipinski definition) is 1. The maximum Gasteiger partial charge on any atom is 0.229 e. The molecule has 2 aromatic rings. The minimum absolute atomic E-state index is 0.269. The zero-order valence-corrected chi connectivity index (χ0v) is 14.5. The first-order chi connectivity index (χ1) is 12.3. The van der Waals surface area contributed by atoms with Gasteiger partial charge >= 0.3 is 0 Å². The number of piperidine rings is 1. The molecule has 1 saturated carbocycles. The summed E-state index contributed by atoms with van der Waals surface area (Å²) in [6, 6.07) is 5.71. The minimum Gasteiger partial charge on any atom is -0.387 e. The van der Waals surface area contributed by atoms with Crippen LogP contribution in [0, 0.1) is 5.92 Å². The molecule has 2 aromatic heterocycles. The zero-order valence-electron chi connectivity index (χ0n) is 14.5. The lowest BCUT2D eigenvalue weighted by molar-refractivity contribution is 0.0531. The van der Waals surface area contributed by atoms with Gasteiger partial charge in [-0.1, -0.05) is 24.1 Å². The summed E-state index contributed by atoms with van der Waals surface area (Å²) in [7, 11) is 0. The van der Waals surface area contributed by atoms with Crippen LogP contribution in [0.5, 0.6) is 0 Å². The van der Waals surface area contributed by atoms with Crippen LogP contribution in [-0.4, -0.2) is 38.2 Å². The van der Waals surface area contributed by atoms with Crippen LogP contribution in [0.2, 0.25) is 0 Å². The Bertz CT molecular complexity index is 661. The van der Waals surface area contributed by atoms with E-state index in [-0.39, 0.29) is 5.92 Å². The van der Waals surface area contributed by atoms with Crippen LogP contribution in [0.4, 0.5) is 0 Å². The summed E-state index contributed by atoms with van der Waals surface area (Å²) in [6.07, 6.45) is 8.10. The molecule has 0 aromatic carbocycles. The summed E-state index contributed by atoms with van der Waals surface area (Å²) >= 11 is 0. The molecule has 6 nitrogen and oxygen atoms in total. The van der Waals surface area contributed by atoms with Gasteiger partial charge in [0.25, 0.3) is 0 Å². The molecular weight excluding hydrogens is 316 g/mol. The van der Waals surface area contributed by atoms with Crippen molar-refractivity contribution in [2.75, 3.05) is 13.1 Å². The molecule has 4 rings (SSSR count). The summed E-state index contributed by atoms with van der Waals surface area (Å²) in [4.78, 5) is 11.2. The van der Waals surface area contributed by atoms with Crippen molar-refractivity contribution >= 4 is 0 Å². The van der Waals surface area contributed by atoms with Crippen molar-refractivity contribution in [2.45, 2.75) is 57.1 Å². The van der Waals surface area contributed by atoms with Crippen LogP contribution in [0.15, 0.2) is 28.9 Å². The van der Waals surface area contributed by atoms with Crippen molar-refractivity contribution in [3.05, 3.63) is 41.8 Å². The molecule has 1 atom stereocenters. The molecule has 1 aliphatic heterocycles. The van der Waals surface area contributed by atoms with Crippen LogP contribution >= 0.6 is 0 Å². The van der Waals surface area contributed by atoms with E-state index in [0.29, 0.717) is 5.92 Å². The summed E-state index contributed by atoms with van der Waals surface area (Å²) in [5, 5.41) is 14.7. The maximum atomic E-state index is 10.5. The lowest BCUT2D eigenvalue weighted by Gasteiger charge is -2.33. The number of pyridine rings is 1. The highest BCUT2D eigenvalue weighted by Crippen LogP contribution is 2.33. The molecule has 0 spiro atoms. The van der Waals surface area contributed by atoms with Crippen LogP contribution in [0.25, 0.3) is 0 Å². The number of aromatic nitrogens is 3. The van der Waals surface area contributed by atoms with Gasteiger partial charge in [0, 0.05) is 12.1 Å². The van der Waals surface area contributed by atoms with Gasteiger partial charge in [-0.2, -0.15) is 4.98 Å². The zero-order chi connectivity index (χ0) is 17.1. The largest absolute Gasteiger partial charge is 0.387 e. The smallest absolute Gasteiger partial charge is 0.229 e. The second-order valence-corrected chi connectivity index (χ2v) is 7.34. The lowest BCUT2D eigenvalue weighted by atomic mass is 9.89. The molecular formula is C19H26N4O2. The quantitative estimate of drug-likeness (QED) is 0.900. The predicted molar refractivity (Wildman–Crippen MR) is 92.7 cm³/mol. The van der Waals surface area contributed by atoms with E-state index < -0.39 is 6.10 Å². The Morgan fingerprint density at radius 3 is 2.68 bits per heavy atom. The third kappa shape index (κ3) is 3.90. The topological polar surface area (TPSA) is 75.3 Å². The maximum absolute atomic E-state index is 10.5. The van der Waals surface area contributed by atoms with E-state index in [1.165, 1.54) is 25.7 Å². The lowest BCUT2D eigenvalue weighted by Crippen LogP contribution is -2.35. The molecule has 1 saturated heterocycles. The molecule has 2 aliphatic rings. The molecule has 2 fully saturated rings. The fourth-order valence-corrected chi connectivity index (χ4v) is 4.09. The molecule has 1 N–H and O–H groups in total. The van der Waals surface area contributed by atoms with Crippen molar-refractivity contribution in [3.8, 4) is 0 Å². The monoisotopic (exact) mass is 342 g/mol. The number of likely N-dealkylation sites (tertiary alicyclic amines) is 1. The molecule has 1 aliphatic carbocycles. The first-order valence-corrected chi connectivity index (χ1v) is 9.43. The van der Waals surface area contributed by atoms with Crippen molar-refractivity contribution in [3.63, 3.8) is 0 Å². The highest BCUT2D eigenvalue weighted by atomic mass is 16.5. The second kappa shape index (κ2) is 7.62. The van der Waals surface area contributed by atoms with E-state index >= 15 is 0 Å². The standard InChI is InChI=1S/C19H26N4O2/c24-18(16-7-3-4-10-20-16)14-8-11-23(12-9-14)13-17-21-19(25-22-17)15-5-1-2-6-15/h3-4,7,10,14-15,18,24H,1-2,5-6,8-9,11-13H2/t18-/m0/s1. The predicted octanol–water partition coefficient (Wildman–Crippen LogP) is 3.07. The normalized spacial score (nSPS) is 21.6. The van der Waals surface area contributed by atoms with Crippen LogP contribution in [0.3, 0.4) is 0 Å². The van der Waals surface area contributed by atoms with Crippen LogP contribution in [0.1, 0.15) is 68.0 Å². The van der Waals surface area contributed by atoms with E-state index in [0.717, 1.165) is 49.9 Å². The summed E-state index contributed by atoms with van der Waals surface area (Å²) in [6.45, 7) is 2.63. The SMILES string of the molecule is O[C@H](c1ccccn1)C1CCN(Cc2noc(C3CCCC3)n2)CC1. The Morgan fingerprint density at radius 1 is 1.16 bits per heavy atom. The van der Waals surface area contributed by atoms with Gasteiger partial charge in [0.2, 0.25) is 5.89 Å². The number of nitrogens with zero attached hydrogens (tertiary/aromatic N) is 4. The van der Waals surface area contributed by atoms with Crippen molar-refractivity contribution in [1.82, 2.24) is 20.0 Å². The van der Waals surface area contributed by atoms with E-state index in [1.807, 2.05) is 18.2 Å². The number of hydrogen-bond acceptors (Lipinski definition) is 6. The van der Waals surface area contributed by atoms with E-state index in [9.17, 15) is 5.11 Å². The molecule has 0 amide bonds. The highest BCUT2D eigenvalue weighted by molar-refractivity contribution is 5.08. The van der Waals surface area contributed by atoms with Gasteiger partial charge < -0.3 is 9.63 Å². The Morgan fingerprint density at radius 2 is 1.96 bits per heavy atom. The minimum atomic E-state index is -0.470. The molecule has 3 heterocycles. The van der Waals surface area contributed by atoms with Gasteiger partial charge in [-0.05, 0) is 56.8 Å². The van der Waals surface area contributed by atoms with Crippen molar-refractivity contribution in [2.24, 2.45) is 5.92 Å². The van der Waals surface area contributed by atoms with E-state index in [1.54, 1.807) is 6.20 Å². The first kappa shape index (κ1) is 16.7. The van der Waals surface area contributed by atoms with Crippen LogP contribution < -0.4 is 0 Å². The Hall–Kier alpha value is -1.79.